The molecule has 0 aromatic carbocycles. The highest BCUT2D eigenvalue weighted by molar-refractivity contribution is 5.22. The Balaban J connectivity index is 0.000000291. The number of nitrogens with two attached hydrogens (primary N) is 1. The Labute approximate surface area is 54.8 Å². The lowest BCUT2D eigenvalue weighted by Crippen LogP contribution is -1.75. The molecule has 0 radical (unpaired) electrons. The van der Waals surface area contributed by atoms with Crippen LogP contribution in [-0.2, 0) is 0 Å². The molecule has 2 N–H and O–H groups in total. The molecule has 9 heavy (non-hydrogen) atoms. The zero-order chi connectivity index (χ0) is 7.28. The summed E-state index contributed by atoms with van der Waals surface area (Å²) in [7, 11) is 0. The maximum Gasteiger partial charge on any atom is 0.222 e. The van der Waals surface area contributed by atoms with Crippen LogP contribution in [0.3, 0.4) is 0 Å². The Morgan fingerprint density at radius 1 is 1.56 bits per heavy atom. The Morgan fingerprint density at radius 2 is 2.11 bits per heavy atom. The molecular weight excluding hydrogens is 116 g/mol. The number of rotatable bonds is 0. The molecule has 0 bridgehead atoms. The number of nitrogen functional groups attached to an aromatic ring is 1. The SMILES string of the molecule is CC.Cc1cc(N)on1. The van der Waals surface area contributed by atoms with Crippen LogP contribution >= 0.6 is 0 Å². The molecule has 52 valence electrons. The average molecular weight is 128 g/mol. The third kappa shape index (κ3) is 2.74. The van der Waals surface area contributed by atoms with Crippen LogP contribution in [-0.4, -0.2) is 5.16 Å². The van der Waals surface area contributed by atoms with Gasteiger partial charge in [0.15, 0.2) is 0 Å². The lowest BCUT2D eigenvalue weighted by molar-refractivity contribution is 0.431. The van der Waals surface area contributed by atoms with Gasteiger partial charge in [0, 0.05) is 6.07 Å². The van der Waals surface area contributed by atoms with E-state index in [1.807, 2.05) is 20.8 Å². The van der Waals surface area contributed by atoms with Crippen molar-refractivity contribution in [1.82, 2.24) is 5.16 Å². The molecule has 0 unspecified atom stereocenters. The highest BCUT2D eigenvalue weighted by Gasteiger charge is 1.88. The first-order valence-corrected chi connectivity index (χ1v) is 2.98. The van der Waals surface area contributed by atoms with Crippen LogP contribution in [0.4, 0.5) is 5.88 Å². The van der Waals surface area contributed by atoms with E-state index in [-0.39, 0.29) is 0 Å². The minimum atomic E-state index is 0.373. The largest absolute Gasteiger partial charge is 0.368 e. The van der Waals surface area contributed by atoms with Crippen LogP contribution in [0.5, 0.6) is 0 Å². The summed E-state index contributed by atoms with van der Waals surface area (Å²) in [6, 6.07) is 1.67. The van der Waals surface area contributed by atoms with E-state index in [0.717, 1.165) is 5.69 Å². The fourth-order valence-electron chi connectivity index (χ4n) is 0.383. The monoisotopic (exact) mass is 128 g/mol. The van der Waals surface area contributed by atoms with Gasteiger partial charge in [-0.3, -0.25) is 0 Å². The lowest BCUT2D eigenvalue weighted by Gasteiger charge is -1.67. The van der Waals surface area contributed by atoms with E-state index in [1.165, 1.54) is 0 Å². The molecule has 3 heteroatoms. The lowest BCUT2D eigenvalue weighted by atomic mass is 10.5. The fourth-order valence-corrected chi connectivity index (χ4v) is 0.383. The van der Waals surface area contributed by atoms with E-state index in [9.17, 15) is 0 Å². The minimum Gasteiger partial charge on any atom is -0.368 e. The first-order chi connectivity index (χ1) is 4.29. The van der Waals surface area contributed by atoms with Crippen LogP contribution < -0.4 is 5.73 Å². The van der Waals surface area contributed by atoms with Gasteiger partial charge in [-0.2, -0.15) is 0 Å². The van der Waals surface area contributed by atoms with Crippen LogP contribution in [0, 0.1) is 6.92 Å². The van der Waals surface area contributed by atoms with Gasteiger partial charge >= 0.3 is 0 Å². The van der Waals surface area contributed by atoms with Crippen molar-refractivity contribution < 1.29 is 4.52 Å². The van der Waals surface area contributed by atoms with Crippen molar-refractivity contribution in [1.29, 1.82) is 0 Å². The second-order valence-corrected chi connectivity index (χ2v) is 1.37. The summed E-state index contributed by atoms with van der Waals surface area (Å²) in [6.45, 7) is 5.82. The van der Waals surface area contributed by atoms with Gasteiger partial charge in [-0.1, -0.05) is 19.0 Å². The molecule has 0 spiro atoms. The molecule has 0 amide bonds. The van der Waals surface area contributed by atoms with Crippen LogP contribution in [0.25, 0.3) is 0 Å². The van der Waals surface area contributed by atoms with Gasteiger partial charge in [0.05, 0.1) is 5.69 Å². The first kappa shape index (κ1) is 8.01. The zero-order valence-corrected chi connectivity index (χ0v) is 6.01. The van der Waals surface area contributed by atoms with E-state index >= 15 is 0 Å². The van der Waals surface area contributed by atoms with E-state index in [0.29, 0.717) is 5.88 Å². The minimum absolute atomic E-state index is 0.373. The molecule has 0 atom stereocenters. The summed E-state index contributed by atoms with van der Waals surface area (Å²) in [5, 5.41) is 3.52. The summed E-state index contributed by atoms with van der Waals surface area (Å²) >= 11 is 0. The molecule has 1 rings (SSSR count). The molecule has 0 aliphatic heterocycles. The average Bonchev–Trinajstić information content (AvgIpc) is 2.20. The van der Waals surface area contributed by atoms with Crippen molar-refractivity contribution >= 4 is 5.88 Å². The Bertz CT molecular complexity index is 143. The molecule has 1 aromatic rings. The van der Waals surface area contributed by atoms with E-state index < -0.39 is 0 Å². The highest BCUT2D eigenvalue weighted by Crippen LogP contribution is 2.00. The molecule has 3 nitrogen and oxygen atoms in total. The van der Waals surface area contributed by atoms with Crippen LogP contribution in [0.15, 0.2) is 10.6 Å². The molecule has 0 saturated heterocycles. The third-order valence-corrected chi connectivity index (χ3v) is 0.646. The quantitative estimate of drug-likeness (QED) is 0.577. The Morgan fingerprint density at radius 3 is 2.22 bits per heavy atom. The first-order valence-electron chi connectivity index (χ1n) is 2.98. The van der Waals surface area contributed by atoms with Crippen LogP contribution in [0.1, 0.15) is 19.5 Å². The summed E-state index contributed by atoms with van der Waals surface area (Å²) in [5.41, 5.74) is 5.97. The van der Waals surface area contributed by atoms with Crippen molar-refractivity contribution in [3.63, 3.8) is 0 Å². The number of aromatic nitrogens is 1. The number of nitrogens with zero attached hydrogens (tertiary/aromatic N) is 1. The Kier molecular flexibility index (Phi) is 3.51. The van der Waals surface area contributed by atoms with Gasteiger partial charge in [0.2, 0.25) is 5.88 Å². The van der Waals surface area contributed by atoms with Crippen molar-refractivity contribution in [2.45, 2.75) is 20.8 Å². The summed E-state index contributed by atoms with van der Waals surface area (Å²) in [4.78, 5) is 0. The summed E-state index contributed by atoms with van der Waals surface area (Å²) in [6.07, 6.45) is 0. The maximum absolute atomic E-state index is 5.15. The van der Waals surface area contributed by atoms with Gasteiger partial charge in [-0.15, -0.1) is 0 Å². The number of hydrogen-bond donors (Lipinski definition) is 1. The predicted molar refractivity (Wildman–Crippen MR) is 37.0 cm³/mol. The second kappa shape index (κ2) is 3.95. The molecule has 1 heterocycles. The van der Waals surface area contributed by atoms with E-state index in [2.05, 4.69) is 9.68 Å². The molecule has 0 aliphatic rings. The second-order valence-electron chi connectivity index (χ2n) is 1.37. The van der Waals surface area contributed by atoms with Gasteiger partial charge in [0.1, 0.15) is 0 Å². The van der Waals surface area contributed by atoms with Crippen molar-refractivity contribution in [3.8, 4) is 0 Å². The highest BCUT2D eigenvalue weighted by atomic mass is 16.5. The number of anilines is 1. The number of aryl methyl sites for hydroxylation is 1. The molecule has 0 aliphatic carbocycles. The van der Waals surface area contributed by atoms with Crippen molar-refractivity contribution in [2.75, 3.05) is 5.73 Å². The topological polar surface area (TPSA) is 52.0 Å². The van der Waals surface area contributed by atoms with Crippen molar-refractivity contribution in [2.24, 2.45) is 0 Å². The third-order valence-electron chi connectivity index (χ3n) is 0.646. The van der Waals surface area contributed by atoms with E-state index in [1.54, 1.807) is 6.07 Å². The molecule has 1 aromatic heterocycles. The maximum atomic E-state index is 5.15. The van der Waals surface area contributed by atoms with Gasteiger partial charge < -0.3 is 10.3 Å². The van der Waals surface area contributed by atoms with E-state index in [4.69, 9.17) is 5.73 Å². The molecule has 0 saturated carbocycles. The summed E-state index contributed by atoms with van der Waals surface area (Å²) in [5.74, 6) is 0.373. The summed E-state index contributed by atoms with van der Waals surface area (Å²) < 4.78 is 4.49. The fraction of sp³-hybridized carbons (Fsp3) is 0.500. The van der Waals surface area contributed by atoms with Gasteiger partial charge in [0.25, 0.3) is 0 Å². The van der Waals surface area contributed by atoms with Crippen LogP contribution in [0.2, 0.25) is 0 Å². The van der Waals surface area contributed by atoms with Gasteiger partial charge in [-0.05, 0) is 6.92 Å². The van der Waals surface area contributed by atoms with Gasteiger partial charge in [-0.25, -0.2) is 0 Å². The smallest absolute Gasteiger partial charge is 0.222 e. The standard InChI is InChI=1S/C4H6N2O.C2H6/c1-3-2-4(5)7-6-3;1-2/h2H,5H2,1H3;1-2H3. The molecular formula is C6H12N2O. The molecule has 0 fully saturated rings. The normalized spacial score (nSPS) is 7.89. The number of hydrogen-bond acceptors (Lipinski definition) is 3. The Hall–Kier alpha value is -0.990. The predicted octanol–water partition coefficient (Wildman–Crippen LogP) is 1.59. The zero-order valence-electron chi connectivity index (χ0n) is 6.01. The van der Waals surface area contributed by atoms with Crippen molar-refractivity contribution in [3.05, 3.63) is 11.8 Å².